The van der Waals surface area contributed by atoms with Gasteiger partial charge in [0, 0.05) is 28.7 Å². The normalized spacial score (nSPS) is 17.7. The van der Waals surface area contributed by atoms with E-state index in [-0.39, 0.29) is 29.1 Å². The Kier molecular flexibility index (Phi) is 6.23. The number of aromatic nitrogens is 3. The van der Waals surface area contributed by atoms with Crippen molar-refractivity contribution in [2.24, 2.45) is 0 Å². The minimum absolute atomic E-state index is 0.00782. The molecule has 0 unspecified atom stereocenters. The molecule has 0 radical (unpaired) electrons. The van der Waals surface area contributed by atoms with Crippen molar-refractivity contribution in [3.05, 3.63) is 52.8 Å². The molecule has 10 heteroatoms. The smallest absolute Gasteiger partial charge is 0.210 e. The molecule has 0 amide bonds. The highest BCUT2D eigenvalue weighted by molar-refractivity contribution is 8.01. The molecule has 1 aromatic carbocycles. The standard InChI is InChI=1S/C21H24N4O3S3/c1-13-4-6-16(7-5-13)22-20-23-24-21(30-20)29-11-19(26)18-10-14(2)25(15(18)3)17-8-9-31(27,28)12-17/h4-7,10,17H,8-9,11-12H2,1-3H3,(H,22,23)/t17-/m0/s1. The molecule has 0 spiro atoms. The molecule has 1 fully saturated rings. The van der Waals surface area contributed by atoms with Crippen LogP contribution in [0.5, 0.6) is 0 Å². The van der Waals surface area contributed by atoms with Crippen molar-refractivity contribution in [1.82, 2.24) is 14.8 Å². The van der Waals surface area contributed by atoms with Gasteiger partial charge in [0.05, 0.1) is 17.3 Å². The SMILES string of the molecule is Cc1ccc(Nc2nnc(SCC(=O)c3cc(C)n([C@H]4CCS(=O)(=O)C4)c3C)s2)cc1. The number of hydrogen-bond donors (Lipinski definition) is 1. The molecule has 0 bridgehead atoms. The van der Waals surface area contributed by atoms with Gasteiger partial charge in [0.25, 0.3) is 0 Å². The number of benzene rings is 1. The number of nitrogens with zero attached hydrogens (tertiary/aromatic N) is 3. The number of carbonyl (C=O) groups excluding carboxylic acids is 1. The Labute approximate surface area is 190 Å². The van der Waals surface area contributed by atoms with Crippen LogP contribution in [0.2, 0.25) is 0 Å². The van der Waals surface area contributed by atoms with Gasteiger partial charge in [0.15, 0.2) is 20.0 Å². The Morgan fingerprint density at radius 3 is 2.65 bits per heavy atom. The Morgan fingerprint density at radius 2 is 1.97 bits per heavy atom. The van der Waals surface area contributed by atoms with Crippen molar-refractivity contribution in [3.8, 4) is 0 Å². The van der Waals surface area contributed by atoms with Crippen molar-refractivity contribution >= 4 is 49.5 Å². The van der Waals surface area contributed by atoms with Crippen LogP contribution in [0.25, 0.3) is 0 Å². The first-order chi connectivity index (χ1) is 14.7. The fraction of sp³-hybridized carbons (Fsp3) is 0.381. The van der Waals surface area contributed by atoms with E-state index in [0.717, 1.165) is 21.4 Å². The Morgan fingerprint density at radius 1 is 1.23 bits per heavy atom. The van der Waals surface area contributed by atoms with E-state index >= 15 is 0 Å². The van der Waals surface area contributed by atoms with Crippen LogP contribution in [-0.2, 0) is 9.84 Å². The zero-order valence-corrected chi connectivity index (χ0v) is 20.0. The maximum atomic E-state index is 12.9. The van der Waals surface area contributed by atoms with Gasteiger partial charge in [-0.05, 0) is 45.4 Å². The quantitative estimate of drug-likeness (QED) is 0.400. The molecule has 7 nitrogen and oxygen atoms in total. The number of thioether (sulfide) groups is 1. The third-order valence-electron chi connectivity index (χ3n) is 5.39. The van der Waals surface area contributed by atoms with Gasteiger partial charge in [-0.2, -0.15) is 0 Å². The third-order valence-corrected chi connectivity index (χ3v) is 9.12. The summed E-state index contributed by atoms with van der Waals surface area (Å²) in [6.45, 7) is 5.85. The lowest BCUT2D eigenvalue weighted by Crippen LogP contribution is -2.14. The van der Waals surface area contributed by atoms with E-state index in [1.165, 1.54) is 28.7 Å². The summed E-state index contributed by atoms with van der Waals surface area (Å²) in [6.07, 6.45) is 0.600. The van der Waals surface area contributed by atoms with Crippen LogP contribution in [0.15, 0.2) is 34.7 Å². The lowest BCUT2D eigenvalue weighted by molar-refractivity contribution is 0.102. The minimum atomic E-state index is -2.99. The summed E-state index contributed by atoms with van der Waals surface area (Å²) in [5.74, 6) is 0.622. The summed E-state index contributed by atoms with van der Waals surface area (Å²) in [5.41, 5.74) is 4.54. The van der Waals surface area contributed by atoms with Crippen LogP contribution >= 0.6 is 23.1 Å². The van der Waals surface area contributed by atoms with Crippen LogP contribution in [0, 0.1) is 20.8 Å². The molecule has 1 aliphatic rings. The summed E-state index contributed by atoms with van der Waals surface area (Å²) in [6, 6.07) is 9.80. The second-order valence-corrected chi connectivity index (χ2v) is 12.2. The van der Waals surface area contributed by atoms with Gasteiger partial charge in [-0.3, -0.25) is 4.79 Å². The topological polar surface area (TPSA) is 93.9 Å². The first kappa shape index (κ1) is 22.0. The third kappa shape index (κ3) is 5.02. The second-order valence-electron chi connectivity index (χ2n) is 7.79. The molecule has 2 aromatic heterocycles. The van der Waals surface area contributed by atoms with Gasteiger partial charge in [0.1, 0.15) is 0 Å². The van der Waals surface area contributed by atoms with Gasteiger partial charge >= 0.3 is 0 Å². The van der Waals surface area contributed by atoms with E-state index in [9.17, 15) is 13.2 Å². The maximum Gasteiger partial charge on any atom is 0.210 e. The maximum absolute atomic E-state index is 12.9. The van der Waals surface area contributed by atoms with Gasteiger partial charge < -0.3 is 9.88 Å². The molecule has 3 aromatic rings. The monoisotopic (exact) mass is 476 g/mol. The molecule has 164 valence electrons. The molecule has 3 heterocycles. The van der Waals surface area contributed by atoms with Crippen molar-refractivity contribution in [2.75, 3.05) is 22.6 Å². The number of hydrogen-bond acceptors (Lipinski definition) is 8. The molecular weight excluding hydrogens is 452 g/mol. The average molecular weight is 477 g/mol. The molecule has 1 atom stereocenters. The largest absolute Gasteiger partial charge is 0.344 e. The molecular formula is C21H24N4O3S3. The highest BCUT2D eigenvalue weighted by atomic mass is 32.2. The number of anilines is 2. The summed E-state index contributed by atoms with van der Waals surface area (Å²) < 4.78 is 26.5. The summed E-state index contributed by atoms with van der Waals surface area (Å²) in [7, 11) is -2.99. The predicted molar refractivity (Wildman–Crippen MR) is 126 cm³/mol. The first-order valence-corrected chi connectivity index (χ1v) is 13.6. The van der Waals surface area contributed by atoms with Crippen molar-refractivity contribution in [1.29, 1.82) is 0 Å². The lowest BCUT2D eigenvalue weighted by Gasteiger charge is -2.16. The molecule has 1 N–H and O–H groups in total. The number of carbonyl (C=O) groups is 1. The molecule has 4 rings (SSSR count). The summed E-state index contributed by atoms with van der Waals surface area (Å²) >= 11 is 2.77. The van der Waals surface area contributed by atoms with Crippen molar-refractivity contribution in [2.45, 2.75) is 37.6 Å². The minimum Gasteiger partial charge on any atom is -0.344 e. The van der Waals surface area contributed by atoms with Gasteiger partial charge in [-0.1, -0.05) is 40.8 Å². The molecule has 31 heavy (non-hydrogen) atoms. The second kappa shape index (κ2) is 8.76. The zero-order valence-electron chi connectivity index (χ0n) is 17.6. The van der Waals surface area contributed by atoms with E-state index in [2.05, 4.69) is 15.5 Å². The van der Waals surface area contributed by atoms with E-state index in [0.29, 0.717) is 17.1 Å². The van der Waals surface area contributed by atoms with Crippen LogP contribution in [-0.4, -0.2) is 46.2 Å². The zero-order chi connectivity index (χ0) is 22.2. The molecule has 1 aliphatic heterocycles. The Hall–Kier alpha value is -2.17. The Bertz CT molecular complexity index is 1210. The number of sulfone groups is 1. The van der Waals surface area contributed by atoms with Gasteiger partial charge in [-0.25, -0.2) is 8.42 Å². The van der Waals surface area contributed by atoms with E-state index in [4.69, 9.17) is 0 Å². The number of Topliss-reactive ketones (excluding diaryl/α,β-unsaturated/α-hetero) is 1. The molecule has 1 saturated heterocycles. The van der Waals surface area contributed by atoms with Gasteiger partial charge in [-0.15, -0.1) is 10.2 Å². The Balaban J connectivity index is 1.40. The van der Waals surface area contributed by atoms with Crippen LogP contribution < -0.4 is 5.32 Å². The highest BCUT2D eigenvalue weighted by Crippen LogP contribution is 2.31. The highest BCUT2D eigenvalue weighted by Gasteiger charge is 2.31. The van der Waals surface area contributed by atoms with E-state index in [1.807, 2.05) is 55.7 Å². The van der Waals surface area contributed by atoms with Crippen molar-refractivity contribution < 1.29 is 13.2 Å². The van der Waals surface area contributed by atoms with E-state index < -0.39 is 9.84 Å². The summed E-state index contributed by atoms with van der Waals surface area (Å²) in [5, 5.41) is 12.2. The average Bonchev–Trinajstić information content (AvgIpc) is 3.39. The van der Waals surface area contributed by atoms with E-state index in [1.54, 1.807) is 0 Å². The fourth-order valence-electron chi connectivity index (χ4n) is 3.88. The van der Waals surface area contributed by atoms with Crippen molar-refractivity contribution in [3.63, 3.8) is 0 Å². The first-order valence-electron chi connectivity index (χ1n) is 9.94. The van der Waals surface area contributed by atoms with Gasteiger partial charge in [0.2, 0.25) is 5.13 Å². The molecule has 0 aliphatic carbocycles. The van der Waals surface area contributed by atoms with Crippen LogP contribution in [0.3, 0.4) is 0 Å². The fourth-order valence-corrected chi connectivity index (χ4v) is 7.24. The summed E-state index contributed by atoms with van der Waals surface area (Å²) in [4.78, 5) is 12.9. The number of ketones is 1. The predicted octanol–water partition coefficient (Wildman–Crippen LogP) is 4.34. The van der Waals surface area contributed by atoms with Crippen LogP contribution in [0.4, 0.5) is 10.8 Å². The number of aryl methyl sites for hydroxylation is 2. The van der Waals surface area contributed by atoms with Crippen LogP contribution in [0.1, 0.15) is 39.8 Å². The molecule has 0 saturated carbocycles. The number of nitrogens with one attached hydrogen (secondary N) is 1. The number of rotatable bonds is 7. The lowest BCUT2D eigenvalue weighted by atomic mass is 10.2.